The van der Waals surface area contributed by atoms with Gasteiger partial charge in [0.25, 0.3) is 0 Å². The van der Waals surface area contributed by atoms with Crippen LogP contribution < -0.4 is 4.74 Å². The first kappa shape index (κ1) is 18.3. The number of aromatic nitrogens is 1. The molecule has 1 aliphatic carbocycles. The molecule has 1 heterocycles. The Morgan fingerprint density at radius 2 is 2.04 bits per heavy atom. The lowest BCUT2D eigenvalue weighted by molar-refractivity contribution is -0.142. The molecule has 1 aromatic heterocycles. The largest absolute Gasteiger partial charge is 0.493 e. The van der Waals surface area contributed by atoms with E-state index in [1.54, 1.807) is 0 Å². The summed E-state index contributed by atoms with van der Waals surface area (Å²) < 4.78 is 11.7. The summed E-state index contributed by atoms with van der Waals surface area (Å²) in [4.78, 5) is 15.8. The summed E-state index contributed by atoms with van der Waals surface area (Å²) in [7, 11) is 0. The number of rotatable bonds is 6. The van der Waals surface area contributed by atoms with Crippen molar-refractivity contribution >= 4 is 5.97 Å². The number of nitrogens with zero attached hydrogens (tertiary/aromatic N) is 1. The van der Waals surface area contributed by atoms with E-state index in [1.807, 2.05) is 55.5 Å². The maximum Gasteiger partial charge on any atom is 0.306 e. The Bertz CT molecular complexity index is 978. The van der Waals surface area contributed by atoms with Crippen LogP contribution in [-0.2, 0) is 24.1 Å². The van der Waals surface area contributed by atoms with Gasteiger partial charge >= 0.3 is 5.97 Å². The van der Waals surface area contributed by atoms with Gasteiger partial charge in [0.1, 0.15) is 11.5 Å². The first-order valence-electron chi connectivity index (χ1n) is 9.59. The lowest BCUT2D eigenvalue weighted by Crippen LogP contribution is -2.22. The first-order valence-corrected chi connectivity index (χ1v) is 9.59. The number of hydrogen-bond acceptors (Lipinski definition) is 4. The summed E-state index contributed by atoms with van der Waals surface area (Å²) in [6.45, 7) is 2.44. The topological polar surface area (TPSA) is 72.6 Å². The van der Waals surface area contributed by atoms with Crippen LogP contribution in [0.25, 0.3) is 11.5 Å². The van der Waals surface area contributed by atoms with E-state index < -0.39 is 5.97 Å². The Kier molecular flexibility index (Phi) is 5.15. The second kappa shape index (κ2) is 7.89. The Labute approximate surface area is 164 Å². The van der Waals surface area contributed by atoms with Crippen LogP contribution in [0.3, 0.4) is 0 Å². The van der Waals surface area contributed by atoms with Gasteiger partial charge in [-0.25, -0.2) is 4.98 Å². The van der Waals surface area contributed by atoms with Crippen molar-refractivity contribution in [2.45, 2.75) is 32.6 Å². The molecular weight excluding hydrogens is 354 g/mol. The number of carboxylic acid groups (broad SMARTS) is 1. The fourth-order valence-electron chi connectivity index (χ4n) is 3.66. The normalized spacial score (nSPS) is 15.8. The SMILES string of the molecule is Cc1oc(-c2ccccc2)nc1CCOc1ccc2c(c1)CCC(C(=O)O)C2. The van der Waals surface area contributed by atoms with Gasteiger partial charge in [0.05, 0.1) is 18.2 Å². The lowest BCUT2D eigenvalue weighted by atomic mass is 9.84. The average molecular weight is 377 g/mol. The third-order valence-electron chi connectivity index (χ3n) is 5.28. The molecule has 0 bridgehead atoms. The number of hydrogen-bond donors (Lipinski definition) is 1. The van der Waals surface area contributed by atoms with Crippen LogP contribution >= 0.6 is 0 Å². The number of aliphatic carboxylic acids is 1. The quantitative estimate of drug-likeness (QED) is 0.687. The summed E-state index contributed by atoms with van der Waals surface area (Å²) in [5.41, 5.74) is 4.18. The predicted octanol–water partition coefficient (Wildman–Crippen LogP) is 4.46. The standard InChI is InChI=1S/C23H23NO4/c1-15-21(24-22(28-15)16-5-3-2-4-6-16)11-12-27-20-10-9-17-13-19(23(25)26)8-7-18(17)14-20/h2-6,9-10,14,19H,7-8,11-13H2,1H3,(H,25,26). The molecule has 2 aromatic carbocycles. The maximum atomic E-state index is 11.2. The minimum Gasteiger partial charge on any atom is -0.493 e. The predicted molar refractivity (Wildman–Crippen MR) is 105 cm³/mol. The second-order valence-corrected chi connectivity index (χ2v) is 7.19. The van der Waals surface area contributed by atoms with Crippen LogP contribution in [0.15, 0.2) is 52.9 Å². The van der Waals surface area contributed by atoms with Gasteiger partial charge in [-0.1, -0.05) is 24.3 Å². The van der Waals surface area contributed by atoms with Gasteiger partial charge in [0.2, 0.25) is 5.89 Å². The van der Waals surface area contributed by atoms with Gasteiger partial charge in [-0.15, -0.1) is 0 Å². The number of ether oxygens (including phenoxy) is 1. The van der Waals surface area contributed by atoms with Crippen molar-refractivity contribution < 1.29 is 19.1 Å². The molecule has 0 saturated heterocycles. The molecule has 28 heavy (non-hydrogen) atoms. The molecule has 4 rings (SSSR count). The molecule has 5 heteroatoms. The van der Waals surface area contributed by atoms with Crippen molar-refractivity contribution in [1.82, 2.24) is 4.98 Å². The minimum absolute atomic E-state index is 0.270. The molecular formula is C23H23NO4. The van der Waals surface area contributed by atoms with Crippen molar-refractivity contribution in [3.8, 4) is 17.2 Å². The van der Waals surface area contributed by atoms with Crippen LogP contribution in [0.4, 0.5) is 0 Å². The van der Waals surface area contributed by atoms with E-state index in [-0.39, 0.29) is 5.92 Å². The summed E-state index contributed by atoms with van der Waals surface area (Å²) >= 11 is 0. The molecule has 0 fully saturated rings. The van der Waals surface area contributed by atoms with E-state index in [4.69, 9.17) is 9.15 Å². The zero-order chi connectivity index (χ0) is 19.5. The van der Waals surface area contributed by atoms with Gasteiger partial charge in [-0.05, 0) is 61.6 Å². The van der Waals surface area contributed by atoms with Crippen LogP contribution in [0.2, 0.25) is 0 Å². The molecule has 0 amide bonds. The minimum atomic E-state index is -0.705. The van der Waals surface area contributed by atoms with Crippen molar-refractivity contribution in [1.29, 1.82) is 0 Å². The van der Waals surface area contributed by atoms with Gasteiger partial charge in [-0.3, -0.25) is 4.79 Å². The van der Waals surface area contributed by atoms with Crippen LogP contribution in [0.1, 0.15) is 29.0 Å². The Hall–Kier alpha value is -3.08. The third-order valence-corrected chi connectivity index (χ3v) is 5.28. The molecule has 3 aromatic rings. The number of aryl methyl sites for hydroxylation is 2. The summed E-state index contributed by atoms with van der Waals surface area (Å²) in [5, 5.41) is 9.20. The number of benzene rings is 2. The molecule has 0 aliphatic heterocycles. The Morgan fingerprint density at radius 3 is 2.82 bits per heavy atom. The maximum absolute atomic E-state index is 11.2. The molecule has 1 unspecified atom stereocenters. The highest BCUT2D eigenvalue weighted by Gasteiger charge is 2.24. The van der Waals surface area contributed by atoms with Gasteiger partial charge in [0.15, 0.2) is 0 Å². The smallest absolute Gasteiger partial charge is 0.306 e. The highest BCUT2D eigenvalue weighted by atomic mass is 16.5. The monoisotopic (exact) mass is 377 g/mol. The molecule has 0 spiro atoms. The third kappa shape index (κ3) is 3.93. The number of fused-ring (bicyclic) bond motifs is 1. The van der Waals surface area contributed by atoms with E-state index in [0.29, 0.717) is 31.8 Å². The van der Waals surface area contributed by atoms with Crippen LogP contribution in [-0.4, -0.2) is 22.7 Å². The van der Waals surface area contributed by atoms with Crippen LogP contribution in [0.5, 0.6) is 5.75 Å². The lowest BCUT2D eigenvalue weighted by Gasteiger charge is -2.22. The molecule has 0 saturated carbocycles. The zero-order valence-electron chi connectivity index (χ0n) is 15.9. The van der Waals surface area contributed by atoms with Crippen molar-refractivity contribution in [2.24, 2.45) is 5.92 Å². The van der Waals surface area contributed by atoms with E-state index in [2.05, 4.69) is 4.98 Å². The van der Waals surface area contributed by atoms with Gasteiger partial charge in [-0.2, -0.15) is 0 Å². The molecule has 1 N–H and O–H groups in total. The molecule has 1 atom stereocenters. The molecule has 5 nitrogen and oxygen atoms in total. The average Bonchev–Trinajstić information content (AvgIpc) is 3.09. The highest BCUT2D eigenvalue weighted by Crippen LogP contribution is 2.29. The zero-order valence-corrected chi connectivity index (χ0v) is 15.9. The number of oxazole rings is 1. The summed E-state index contributed by atoms with van der Waals surface area (Å²) in [5.74, 6) is 1.29. The molecule has 1 aliphatic rings. The second-order valence-electron chi connectivity index (χ2n) is 7.19. The van der Waals surface area contributed by atoms with E-state index in [9.17, 15) is 9.90 Å². The number of carboxylic acids is 1. The fraction of sp³-hybridized carbons (Fsp3) is 0.304. The Morgan fingerprint density at radius 1 is 1.21 bits per heavy atom. The van der Waals surface area contributed by atoms with E-state index >= 15 is 0 Å². The highest BCUT2D eigenvalue weighted by molar-refractivity contribution is 5.71. The van der Waals surface area contributed by atoms with E-state index in [1.165, 1.54) is 5.56 Å². The van der Waals surface area contributed by atoms with Gasteiger partial charge in [0, 0.05) is 12.0 Å². The van der Waals surface area contributed by atoms with Crippen molar-refractivity contribution in [3.63, 3.8) is 0 Å². The van der Waals surface area contributed by atoms with E-state index in [0.717, 1.165) is 34.8 Å². The summed E-state index contributed by atoms with van der Waals surface area (Å²) in [6.07, 6.45) is 2.74. The number of carbonyl (C=O) groups is 1. The molecule has 144 valence electrons. The Balaban J connectivity index is 1.37. The van der Waals surface area contributed by atoms with Crippen molar-refractivity contribution in [3.05, 3.63) is 71.1 Å². The summed E-state index contributed by atoms with van der Waals surface area (Å²) in [6, 6.07) is 15.8. The van der Waals surface area contributed by atoms with Crippen molar-refractivity contribution in [2.75, 3.05) is 6.61 Å². The van der Waals surface area contributed by atoms with Crippen LogP contribution in [0, 0.1) is 12.8 Å². The first-order chi connectivity index (χ1) is 13.6. The fourth-order valence-corrected chi connectivity index (χ4v) is 3.66. The van der Waals surface area contributed by atoms with Gasteiger partial charge < -0.3 is 14.3 Å². The molecule has 0 radical (unpaired) electrons.